The summed E-state index contributed by atoms with van der Waals surface area (Å²) in [6.45, 7) is 0.822. The van der Waals surface area contributed by atoms with Gasteiger partial charge in [-0.05, 0) is 12.1 Å². The van der Waals surface area contributed by atoms with E-state index in [1.807, 2.05) is 0 Å². The van der Waals surface area contributed by atoms with Gasteiger partial charge >= 0.3 is 0 Å². The van der Waals surface area contributed by atoms with Crippen LogP contribution in [0.15, 0.2) is 24.3 Å². The number of non-ortho nitro benzene ring substituents is 1. The fraction of sp³-hybridized carbons (Fsp3) is 0.364. The van der Waals surface area contributed by atoms with Crippen molar-refractivity contribution < 1.29 is 9.72 Å². The molecular weight excluding hydrogens is 254 g/mol. The highest BCUT2D eigenvalue weighted by atomic mass is 32.2. The number of nitrogens with one attached hydrogen (secondary N) is 2. The smallest absolute Gasteiger partial charge is 0.269 e. The van der Waals surface area contributed by atoms with Crippen LogP contribution in [-0.2, 0) is 4.79 Å². The van der Waals surface area contributed by atoms with Gasteiger partial charge in [-0.2, -0.15) is 11.8 Å². The first kappa shape index (κ1) is 12.8. The van der Waals surface area contributed by atoms with E-state index < -0.39 is 4.92 Å². The van der Waals surface area contributed by atoms with Crippen LogP contribution in [0.3, 0.4) is 0 Å². The van der Waals surface area contributed by atoms with E-state index in [1.165, 1.54) is 24.3 Å². The molecule has 0 aliphatic carbocycles. The Morgan fingerprint density at radius 1 is 1.44 bits per heavy atom. The predicted molar refractivity (Wildman–Crippen MR) is 70.8 cm³/mol. The number of carbonyl (C=O) groups excluding carboxylic acids is 1. The summed E-state index contributed by atoms with van der Waals surface area (Å²) in [7, 11) is 0. The van der Waals surface area contributed by atoms with Crippen LogP contribution in [0.25, 0.3) is 0 Å². The van der Waals surface area contributed by atoms with Gasteiger partial charge in [-0.25, -0.2) is 0 Å². The van der Waals surface area contributed by atoms with Crippen molar-refractivity contribution in [2.45, 2.75) is 6.04 Å². The molecule has 1 atom stereocenters. The number of nitrogens with zero attached hydrogens (tertiary/aromatic N) is 1. The highest BCUT2D eigenvalue weighted by molar-refractivity contribution is 7.99. The third-order valence-electron chi connectivity index (χ3n) is 2.58. The predicted octanol–water partition coefficient (Wildman–Crippen LogP) is 1.24. The summed E-state index contributed by atoms with van der Waals surface area (Å²) >= 11 is 1.74. The minimum atomic E-state index is -0.467. The molecule has 1 aromatic carbocycles. The highest BCUT2D eigenvalue weighted by Gasteiger charge is 2.20. The zero-order valence-corrected chi connectivity index (χ0v) is 10.4. The number of nitro benzene ring substituents is 1. The Balaban J connectivity index is 1.96. The summed E-state index contributed by atoms with van der Waals surface area (Å²) in [5, 5.41) is 16.4. The van der Waals surface area contributed by atoms with Crippen LogP contribution in [0, 0.1) is 10.1 Å². The Hall–Kier alpha value is -1.60. The lowest BCUT2D eigenvalue weighted by molar-refractivity contribution is -0.384. The first-order valence-electron chi connectivity index (χ1n) is 5.53. The van der Waals surface area contributed by atoms with E-state index in [0.29, 0.717) is 5.69 Å². The number of benzene rings is 1. The Bertz CT molecular complexity index is 443. The number of nitro groups is 1. The van der Waals surface area contributed by atoms with Gasteiger partial charge in [0.25, 0.3) is 5.69 Å². The lowest BCUT2D eigenvalue weighted by Gasteiger charge is -2.22. The van der Waals surface area contributed by atoms with Crippen LogP contribution < -0.4 is 10.6 Å². The van der Waals surface area contributed by atoms with Crippen LogP contribution in [0.2, 0.25) is 0 Å². The second-order valence-corrected chi connectivity index (χ2v) is 5.02. The van der Waals surface area contributed by atoms with Crippen LogP contribution in [-0.4, -0.2) is 34.9 Å². The van der Waals surface area contributed by atoms with Gasteiger partial charge in [-0.1, -0.05) is 0 Å². The van der Waals surface area contributed by atoms with Crippen molar-refractivity contribution in [1.29, 1.82) is 0 Å². The van der Waals surface area contributed by atoms with E-state index in [9.17, 15) is 14.9 Å². The largest absolute Gasteiger partial charge is 0.325 e. The average Bonchev–Trinajstić information content (AvgIpc) is 2.40. The maximum Gasteiger partial charge on any atom is 0.269 e. The molecule has 0 spiro atoms. The highest BCUT2D eigenvalue weighted by Crippen LogP contribution is 2.16. The third-order valence-corrected chi connectivity index (χ3v) is 3.65. The normalized spacial score (nSPS) is 19.2. The Kier molecular flexibility index (Phi) is 4.16. The van der Waals surface area contributed by atoms with E-state index >= 15 is 0 Å². The van der Waals surface area contributed by atoms with E-state index in [-0.39, 0.29) is 17.6 Å². The molecule has 1 saturated heterocycles. The Morgan fingerprint density at radius 3 is 2.72 bits per heavy atom. The van der Waals surface area contributed by atoms with Gasteiger partial charge in [0.15, 0.2) is 0 Å². The molecule has 1 aromatic rings. The fourth-order valence-electron chi connectivity index (χ4n) is 1.63. The molecule has 18 heavy (non-hydrogen) atoms. The number of hydrogen-bond donors (Lipinski definition) is 2. The monoisotopic (exact) mass is 267 g/mol. The lowest BCUT2D eigenvalue weighted by atomic mass is 10.2. The molecular formula is C11H13N3O3S. The molecule has 0 bridgehead atoms. The number of thioether (sulfide) groups is 1. The van der Waals surface area contributed by atoms with Gasteiger partial charge in [0, 0.05) is 35.9 Å². The van der Waals surface area contributed by atoms with E-state index in [0.717, 1.165) is 18.1 Å². The number of hydrogen-bond acceptors (Lipinski definition) is 5. The molecule has 7 heteroatoms. The summed E-state index contributed by atoms with van der Waals surface area (Å²) < 4.78 is 0. The van der Waals surface area contributed by atoms with E-state index in [1.54, 1.807) is 11.8 Å². The molecule has 1 unspecified atom stereocenters. The maximum absolute atomic E-state index is 11.9. The van der Waals surface area contributed by atoms with Crippen molar-refractivity contribution in [2.75, 3.05) is 23.4 Å². The lowest BCUT2D eigenvalue weighted by Crippen LogP contribution is -2.46. The van der Waals surface area contributed by atoms with Gasteiger partial charge in [0.1, 0.15) is 0 Å². The number of anilines is 1. The quantitative estimate of drug-likeness (QED) is 0.636. The molecule has 2 rings (SSSR count). The van der Waals surface area contributed by atoms with E-state index in [2.05, 4.69) is 10.6 Å². The van der Waals surface area contributed by atoms with Crippen LogP contribution in [0.4, 0.5) is 11.4 Å². The molecule has 96 valence electrons. The average molecular weight is 267 g/mol. The minimum absolute atomic E-state index is 0.0133. The van der Waals surface area contributed by atoms with Gasteiger partial charge < -0.3 is 10.6 Å². The molecule has 1 heterocycles. The molecule has 2 N–H and O–H groups in total. The zero-order chi connectivity index (χ0) is 13.0. The molecule has 1 fully saturated rings. The van der Waals surface area contributed by atoms with E-state index in [4.69, 9.17) is 0 Å². The number of amides is 1. The zero-order valence-electron chi connectivity index (χ0n) is 9.59. The molecule has 0 saturated carbocycles. The summed E-state index contributed by atoms with van der Waals surface area (Å²) in [6.07, 6.45) is 0. The van der Waals surface area contributed by atoms with Gasteiger partial charge in [0.05, 0.1) is 11.0 Å². The second kappa shape index (κ2) is 5.83. The molecule has 0 radical (unpaired) electrons. The number of carbonyl (C=O) groups is 1. The van der Waals surface area contributed by atoms with Gasteiger partial charge in [-0.15, -0.1) is 0 Å². The van der Waals surface area contributed by atoms with Crippen molar-refractivity contribution in [3.8, 4) is 0 Å². The molecule has 6 nitrogen and oxygen atoms in total. The topological polar surface area (TPSA) is 84.3 Å². The van der Waals surface area contributed by atoms with Crippen molar-refractivity contribution in [1.82, 2.24) is 5.32 Å². The summed E-state index contributed by atoms with van der Waals surface area (Å²) in [5.74, 6) is 1.66. The fourth-order valence-corrected chi connectivity index (χ4v) is 2.56. The summed E-state index contributed by atoms with van der Waals surface area (Å²) in [6, 6.07) is 5.62. The summed E-state index contributed by atoms with van der Waals surface area (Å²) in [4.78, 5) is 21.9. The van der Waals surface area contributed by atoms with Gasteiger partial charge in [0.2, 0.25) is 5.91 Å². The minimum Gasteiger partial charge on any atom is -0.325 e. The Morgan fingerprint density at radius 2 is 2.17 bits per heavy atom. The maximum atomic E-state index is 11.9. The van der Waals surface area contributed by atoms with Gasteiger partial charge in [-0.3, -0.25) is 14.9 Å². The van der Waals surface area contributed by atoms with Crippen LogP contribution in [0.5, 0.6) is 0 Å². The standard InChI is InChI=1S/C11H13N3O3S/c15-11(10-7-18-6-5-12-10)13-8-1-3-9(4-2-8)14(16)17/h1-4,10,12H,5-7H2,(H,13,15). The second-order valence-electron chi connectivity index (χ2n) is 3.87. The van der Waals surface area contributed by atoms with Crippen molar-refractivity contribution in [2.24, 2.45) is 0 Å². The van der Waals surface area contributed by atoms with Crippen molar-refractivity contribution >= 4 is 29.0 Å². The first-order chi connectivity index (χ1) is 8.66. The number of rotatable bonds is 3. The molecule has 1 amide bonds. The van der Waals surface area contributed by atoms with Crippen molar-refractivity contribution in [3.05, 3.63) is 34.4 Å². The molecule has 0 aromatic heterocycles. The van der Waals surface area contributed by atoms with Crippen LogP contribution >= 0.6 is 11.8 Å². The van der Waals surface area contributed by atoms with Crippen LogP contribution in [0.1, 0.15) is 0 Å². The molecule has 1 aliphatic rings. The Labute approximate surface area is 108 Å². The SMILES string of the molecule is O=C(Nc1ccc([N+](=O)[O-])cc1)C1CSCCN1. The van der Waals surface area contributed by atoms with Crippen molar-refractivity contribution in [3.63, 3.8) is 0 Å². The summed E-state index contributed by atoms with van der Waals surface area (Å²) in [5.41, 5.74) is 0.585. The first-order valence-corrected chi connectivity index (χ1v) is 6.69. The third kappa shape index (κ3) is 3.21. The molecule has 1 aliphatic heterocycles.